The van der Waals surface area contributed by atoms with Crippen LogP contribution in [0.4, 0.5) is 132 Å². The zero-order valence-electron chi connectivity index (χ0n) is 29.6. The van der Waals surface area contributed by atoms with Gasteiger partial charge in [-0.15, -0.1) is 0 Å². The highest BCUT2D eigenvalue weighted by Crippen LogP contribution is 2.64. The predicted molar refractivity (Wildman–Crippen MR) is 146 cm³/mol. The van der Waals surface area contributed by atoms with Crippen LogP contribution in [0.2, 0.25) is 0 Å². The van der Waals surface area contributed by atoms with Gasteiger partial charge in [-0.25, -0.2) is 0 Å². The van der Waals surface area contributed by atoms with Crippen molar-refractivity contribution in [3.8, 4) is 0 Å². The van der Waals surface area contributed by atoms with Gasteiger partial charge in [-0.2, -0.15) is 132 Å². The number of rotatable bonds is 14. The van der Waals surface area contributed by atoms with Crippen LogP contribution < -0.4 is 0 Å². The van der Waals surface area contributed by atoms with Crippen molar-refractivity contribution in [2.45, 2.75) is 83.4 Å². The van der Waals surface area contributed by atoms with Crippen LogP contribution in [0.3, 0.4) is 0 Å². The fraction of sp³-hybridized carbons (Fsp3) is 0.533. The normalized spacial score (nSPS) is 17.4. The third kappa shape index (κ3) is 6.45. The van der Waals surface area contributed by atoms with E-state index in [4.69, 9.17) is 0 Å². The molecule has 36 heteroatoms. The molecule has 4 rings (SSSR count). The van der Waals surface area contributed by atoms with E-state index in [1.54, 1.807) is 0 Å². The van der Waals surface area contributed by atoms with Gasteiger partial charge in [0.2, 0.25) is 0 Å². The molecule has 0 spiro atoms. The Labute approximate surface area is 339 Å². The summed E-state index contributed by atoms with van der Waals surface area (Å²) >= 11 is 0. The minimum Gasteiger partial charge on any atom is -0.269 e. The van der Waals surface area contributed by atoms with Crippen LogP contribution in [-0.2, 0) is 0 Å². The highest BCUT2D eigenvalue weighted by molar-refractivity contribution is 6.33. The lowest BCUT2D eigenvalue weighted by Crippen LogP contribution is -2.73. The molecule has 2 aliphatic heterocycles. The maximum absolute atomic E-state index is 14.8. The number of carbonyl (C=O) groups excluding carboxylic acids is 4. The van der Waals surface area contributed by atoms with E-state index < -0.39 is 163 Å². The zero-order valence-corrected chi connectivity index (χ0v) is 29.6. The Hall–Kier alpha value is -5.12. The Morgan fingerprint density at radius 2 is 0.439 bits per heavy atom. The number of benzene rings is 2. The lowest BCUT2D eigenvalue weighted by atomic mass is 9.85. The molecule has 66 heavy (non-hydrogen) atoms. The number of alkyl halides is 30. The Kier molecular flexibility index (Phi) is 11.5. The summed E-state index contributed by atoms with van der Waals surface area (Å²) in [5.41, 5.74) is -6.27. The number of nitrogens with zero attached hydrogens (tertiary/aromatic N) is 2. The highest BCUT2D eigenvalue weighted by atomic mass is 19.4. The van der Waals surface area contributed by atoms with Gasteiger partial charge in [-0.1, -0.05) is 0 Å². The minimum absolute atomic E-state index is 0.0816. The van der Waals surface area contributed by atoms with Crippen molar-refractivity contribution in [1.82, 2.24) is 9.80 Å². The molecule has 2 aromatic carbocycles. The Morgan fingerprint density at radius 3 is 0.621 bits per heavy atom. The fourth-order valence-electron chi connectivity index (χ4n) is 5.86. The lowest BCUT2D eigenvalue weighted by molar-refractivity contribution is -0.452. The van der Waals surface area contributed by atoms with Crippen LogP contribution in [0, 0.1) is 0 Å². The quantitative estimate of drug-likeness (QED) is 0.140. The average Bonchev–Trinajstić information content (AvgIpc) is 3.14. The zero-order chi connectivity index (χ0) is 52.2. The maximum Gasteiger partial charge on any atom is 0.460 e. The van der Waals surface area contributed by atoms with Crippen LogP contribution in [0.15, 0.2) is 24.3 Å². The molecule has 0 unspecified atom stereocenters. The van der Waals surface area contributed by atoms with Gasteiger partial charge >= 0.3 is 83.4 Å². The molecular formula is C30H8F30N2O4. The van der Waals surface area contributed by atoms with Crippen molar-refractivity contribution in [2.24, 2.45) is 0 Å². The molecule has 2 aromatic rings. The lowest BCUT2D eigenvalue weighted by Gasteiger charge is -2.42. The van der Waals surface area contributed by atoms with Crippen LogP contribution >= 0.6 is 0 Å². The van der Waals surface area contributed by atoms with Crippen molar-refractivity contribution in [3.63, 3.8) is 0 Å². The molecule has 4 amide bonds. The summed E-state index contributed by atoms with van der Waals surface area (Å²) in [6.45, 7) is -7.51. The van der Waals surface area contributed by atoms with Gasteiger partial charge in [-0.05, 0) is 24.3 Å². The molecule has 0 saturated heterocycles. The summed E-state index contributed by atoms with van der Waals surface area (Å²) in [5, 5.41) is -2.76. The second kappa shape index (κ2) is 14.2. The largest absolute Gasteiger partial charge is 0.460 e. The van der Waals surface area contributed by atoms with Gasteiger partial charge in [0.1, 0.15) is 0 Å². The molecule has 372 valence electrons. The van der Waals surface area contributed by atoms with E-state index in [0.29, 0.717) is 0 Å². The molecule has 2 heterocycles. The second-order valence-corrected chi connectivity index (χ2v) is 13.6. The molecule has 2 aliphatic rings. The third-order valence-corrected chi connectivity index (χ3v) is 9.56. The fourth-order valence-corrected chi connectivity index (χ4v) is 5.86. The first kappa shape index (κ1) is 53.5. The summed E-state index contributed by atoms with van der Waals surface area (Å²) in [6.07, 6.45) is -15.9. The Bertz CT molecular complexity index is 2150. The van der Waals surface area contributed by atoms with E-state index in [0.717, 1.165) is 0 Å². The van der Waals surface area contributed by atoms with Gasteiger partial charge in [0.05, 0.1) is 13.1 Å². The minimum atomic E-state index is -8.82. The van der Waals surface area contributed by atoms with Crippen molar-refractivity contribution in [3.05, 3.63) is 46.5 Å². The van der Waals surface area contributed by atoms with E-state index in [1.807, 2.05) is 0 Å². The van der Waals surface area contributed by atoms with Crippen LogP contribution in [-0.4, -0.2) is 130 Å². The van der Waals surface area contributed by atoms with E-state index in [1.165, 1.54) is 0 Å². The van der Waals surface area contributed by atoms with Crippen molar-refractivity contribution in [1.29, 1.82) is 0 Å². The summed E-state index contributed by atoms with van der Waals surface area (Å²) < 4.78 is 411. The third-order valence-electron chi connectivity index (χ3n) is 9.56. The second-order valence-electron chi connectivity index (χ2n) is 13.6. The van der Waals surface area contributed by atoms with Crippen molar-refractivity contribution < 1.29 is 151 Å². The molecule has 0 bridgehead atoms. The SMILES string of the molecule is O=C1c2ccc3c4c(ccc(c24)C(=O)N1CC(F)(F)C(F)(F)C(F)(F)C(F)(F)C(F)(F)C(F)(F)C(F)(F)F)C(=O)N(CC(F)(F)C(F)(F)C(F)(F)C(F)(F)C(F)(F)C(F)(F)C(F)(F)F)C3=O. The number of amides is 4. The van der Waals surface area contributed by atoms with Gasteiger partial charge in [0.25, 0.3) is 23.6 Å². The number of carbonyl (C=O) groups is 4. The van der Waals surface area contributed by atoms with Crippen LogP contribution in [0.25, 0.3) is 10.8 Å². The van der Waals surface area contributed by atoms with Gasteiger partial charge in [-0.3, -0.25) is 29.0 Å². The molecule has 0 aliphatic carbocycles. The van der Waals surface area contributed by atoms with Crippen LogP contribution in [0.1, 0.15) is 41.4 Å². The molecule has 0 fully saturated rings. The van der Waals surface area contributed by atoms with E-state index >= 15 is 0 Å². The first-order valence-corrected chi connectivity index (χ1v) is 15.8. The smallest absolute Gasteiger partial charge is 0.269 e. The number of halogens is 30. The summed E-state index contributed by atoms with van der Waals surface area (Å²) in [5.74, 6) is -111. The molecule has 0 radical (unpaired) electrons. The summed E-state index contributed by atoms with van der Waals surface area (Å²) in [6, 6.07) is -0.326. The Morgan fingerprint density at radius 1 is 0.273 bits per heavy atom. The van der Waals surface area contributed by atoms with Crippen molar-refractivity contribution in [2.75, 3.05) is 13.1 Å². The standard InChI is InChI=1S/C30H8F30N2O4/c31-17(32,19(35,36)21(39,40)23(43,44)25(47,48)27(51,52)29(55,56)57)5-61-13(63)7-1-2-8-12-10(4-3-9(11(7)12)15(61)65)16(66)62(14(8)64)6-18(33,34)20(37,38)22(41,42)24(45,46)26(49,50)28(53,54)30(58,59)60/h1-4H,5-6H2. The summed E-state index contributed by atoms with van der Waals surface area (Å²) in [4.78, 5) is 49.5. The number of imide groups is 2. The molecule has 6 nitrogen and oxygen atoms in total. The number of hydrogen-bond acceptors (Lipinski definition) is 4. The van der Waals surface area contributed by atoms with Gasteiger partial charge < -0.3 is 0 Å². The van der Waals surface area contributed by atoms with E-state index in [2.05, 4.69) is 0 Å². The van der Waals surface area contributed by atoms with Crippen LogP contribution in [0.5, 0.6) is 0 Å². The van der Waals surface area contributed by atoms with E-state index in [-0.39, 0.29) is 24.3 Å². The Balaban J connectivity index is 1.75. The molecule has 0 atom stereocenters. The first-order chi connectivity index (χ1) is 28.8. The van der Waals surface area contributed by atoms with Crippen molar-refractivity contribution >= 4 is 34.4 Å². The maximum atomic E-state index is 14.8. The van der Waals surface area contributed by atoms with Gasteiger partial charge in [0, 0.05) is 33.0 Å². The summed E-state index contributed by atoms with van der Waals surface area (Å²) in [7, 11) is 0. The first-order valence-electron chi connectivity index (χ1n) is 15.8. The average molecular weight is 1030 g/mol. The predicted octanol–water partition coefficient (Wildman–Crippen LogP) is 10.8. The molecule has 0 saturated carbocycles. The monoisotopic (exact) mass is 1030 g/mol. The van der Waals surface area contributed by atoms with Gasteiger partial charge in [0.15, 0.2) is 0 Å². The molecule has 0 N–H and O–H groups in total. The topological polar surface area (TPSA) is 74.8 Å². The van der Waals surface area contributed by atoms with E-state index in [9.17, 15) is 151 Å². The molecular weight excluding hydrogens is 1020 g/mol. The number of hydrogen-bond donors (Lipinski definition) is 0. The molecule has 0 aromatic heterocycles. The highest BCUT2D eigenvalue weighted by Gasteiger charge is 2.95.